The fourth-order valence-corrected chi connectivity index (χ4v) is 9.19. The number of hydrogen-bond acceptors (Lipinski definition) is 15. The van der Waals surface area contributed by atoms with E-state index in [4.69, 9.17) is 26.2 Å². The third-order valence-corrected chi connectivity index (χ3v) is 13.6. The maximum absolute atomic E-state index is 13.5. The van der Waals surface area contributed by atoms with E-state index in [9.17, 15) is 9.59 Å². The molecule has 18 heteroatoms. The molecular weight excluding hydrogens is 930 g/mol. The Labute approximate surface area is 420 Å². The van der Waals surface area contributed by atoms with Gasteiger partial charge in [-0.05, 0) is 124 Å². The number of imidazole rings is 2. The normalized spacial score (nSPS) is 11.7. The Hall–Kier alpha value is -7.73. The SMILES string of the molecule is Cc1ccc2c(=O)c(CN(CCCn3cnc4c(Cl)ncnc43)Cc3ccncc3)c(C)oc2c1C.Cc1ccc2c(=O)c(CN(CCCn3cnc4c(N)ncnc43)Cc3ccncc3)c(C)oc2c1C. The monoisotopic (exact) mass is 985 g/mol. The number of nitrogens with zero attached hydrogens (tertiary/aromatic N) is 12. The van der Waals surface area contributed by atoms with Crippen molar-refractivity contribution in [1.29, 1.82) is 0 Å². The highest BCUT2D eigenvalue weighted by atomic mass is 35.5. The molecule has 2 aromatic carbocycles. The van der Waals surface area contributed by atoms with Crippen LogP contribution in [0.2, 0.25) is 5.15 Å². The molecule has 0 amide bonds. The zero-order valence-electron chi connectivity index (χ0n) is 41.3. The first-order valence-electron chi connectivity index (χ1n) is 23.8. The zero-order chi connectivity index (χ0) is 50.5. The number of fused-ring (bicyclic) bond motifs is 4. The zero-order valence-corrected chi connectivity index (χ0v) is 42.0. The number of pyridine rings is 2. The number of aryl methyl sites for hydroxylation is 8. The Balaban J connectivity index is 0.000000178. The Morgan fingerprint density at radius 2 is 1.00 bits per heavy atom. The summed E-state index contributed by atoms with van der Waals surface area (Å²) in [7, 11) is 0. The smallest absolute Gasteiger partial charge is 0.197 e. The topological polar surface area (TPSA) is 206 Å². The van der Waals surface area contributed by atoms with Crippen LogP contribution in [0.1, 0.15) is 68.9 Å². The maximum Gasteiger partial charge on any atom is 0.197 e. The lowest BCUT2D eigenvalue weighted by molar-refractivity contribution is 0.245. The van der Waals surface area contributed by atoms with Gasteiger partial charge >= 0.3 is 0 Å². The van der Waals surface area contributed by atoms with E-state index in [0.717, 1.165) is 65.0 Å². The second kappa shape index (κ2) is 21.7. The number of anilines is 1. The molecule has 0 atom stereocenters. The highest BCUT2D eigenvalue weighted by molar-refractivity contribution is 6.33. The number of nitrogen functional groups attached to an aromatic ring is 1. The average molecular weight is 987 g/mol. The fraction of sp³-hybridized carbons (Fsp3) is 0.296. The van der Waals surface area contributed by atoms with Crippen LogP contribution in [0.4, 0.5) is 5.82 Å². The summed E-state index contributed by atoms with van der Waals surface area (Å²) in [6.45, 7) is 17.1. The number of benzene rings is 2. The predicted octanol–water partition coefficient (Wildman–Crippen LogP) is 8.93. The van der Waals surface area contributed by atoms with Crippen LogP contribution in [0.3, 0.4) is 0 Å². The van der Waals surface area contributed by atoms with Crippen LogP contribution in [-0.4, -0.2) is 71.9 Å². The molecule has 17 nitrogen and oxygen atoms in total. The van der Waals surface area contributed by atoms with Crippen molar-refractivity contribution in [2.24, 2.45) is 0 Å². The molecule has 0 aliphatic carbocycles. The Morgan fingerprint density at radius 3 is 1.49 bits per heavy atom. The van der Waals surface area contributed by atoms with Gasteiger partial charge in [-0.15, -0.1) is 0 Å². The first-order chi connectivity index (χ1) is 34.8. The lowest BCUT2D eigenvalue weighted by Crippen LogP contribution is -2.28. The standard InChI is InChI=1S/C27H27ClN6O2.C27H29N7O2/c2*1-17-5-6-21-24(35)22(19(3)36-25(21)18(17)2)14-33(13-20-7-9-29-10-8-20)11-4-12-34-16-32-23-26(28)30-15-31-27(23)34/h5-10,15-16H,4,11-14H2,1-3H3;5-10,15-16H,4,11-14H2,1-3H3,(H2,28,30,31). The lowest BCUT2D eigenvalue weighted by Gasteiger charge is -2.23. The summed E-state index contributed by atoms with van der Waals surface area (Å²) in [5.74, 6) is 1.70. The minimum atomic E-state index is 0.0310. The van der Waals surface area contributed by atoms with Gasteiger partial charge in [0.15, 0.2) is 33.1 Å². The molecule has 0 aliphatic rings. The van der Waals surface area contributed by atoms with E-state index >= 15 is 0 Å². The molecule has 368 valence electrons. The number of hydrogen-bond donors (Lipinski definition) is 1. The van der Waals surface area contributed by atoms with Gasteiger partial charge in [-0.25, -0.2) is 29.9 Å². The van der Waals surface area contributed by atoms with Crippen LogP contribution in [-0.2, 0) is 39.3 Å². The average Bonchev–Trinajstić information content (AvgIpc) is 4.00. The minimum absolute atomic E-state index is 0.0310. The van der Waals surface area contributed by atoms with E-state index in [-0.39, 0.29) is 10.9 Å². The quantitative estimate of drug-likeness (QED) is 0.0897. The summed E-state index contributed by atoms with van der Waals surface area (Å²) in [6, 6.07) is 15.7. The van der Waals surface area contributed by atoms with Crippen molar-refractivity contribution in [3.63, 3.8) is 0 Å². The van der Waals surface area contributed by atoms with E-state index in [0.29, 0.717) is 112 Å². The maximum atomic E-state index is 13.5. The van der Waals surface area contributed by atoms with Gasteiger partial charge in [-0.3, -0.25) is 29.4 Å². The van der Waals surface area contributed by atoms with E-state index in [2.05, 4.69) is 49.7 Å². The first kappa shape index (κ1) is 49.3. The van der Waals surface area contributed by atoms with Crippen LogP contribution in [0.25, 0.3) is 44.3 Å². The highest BCUT2D eigenvalue weighted by Crippen LogP contribution is 2.26. The second-order valence-electron chi connectivity index (χ2n) is 18.2. The first-order valence-corrected chi connectivity index (χ1v) is 24.2. The van der Waals surface area contributed by atoms with Crippen molar-refractivity contribution in [3.05, 3.63) is 180 Å². The summed E-state index contributed by atoms with van der Waals surface area (Å²) >= 11 is 6.15. The van der Waals surface area contributed by atoms with Crippen LogP contribution in [0, 0.1) is 41.5 Å². The van der Waals surface area contributed by atoms with Crippen LogP contribution >= 0.6 is 11.6 Å². The number of halogens is 1. The molecule has 0 bridgehead atoms. The fourth-order valence-electron chi connectivity index (χ4n) is 9.02. The van der Waals surface area contributed by atoms with Crippen LogP contribution < -0.4 is 16.6 Å². The largest absolute Gasteiger partial charge is 0.460 e. The molecule has 0 spiro atoms. The summed E-state index contributed by atoms with van der Waals surface area (Å²) in [6.07, 6.45) is 15.2. The van der Waals surface area contributed by atoms with Crippen molar-refractivity contribution in [2.45, 2.75) is 93.7 Å². The highest BCUT2D eigenvalue weighted by Gasteiger charge is 2.20. The molecule has 8 heterocycles. The third-order valence-electron chi connectivity index (χ3n) is 13.4. The molecule has 0 radical (unpaired) electrons. The van der Waals surface area contributed by atoms with Gasteiger partial charge in [0.25, 0.3) is 0 Å². The molecule has 0 unspecified atom stereocenters. The Morgan fingerprint density at radius 1 is 0.556 bits per heavy atom. The van der Waals surface area contributed by atoms with Gasteiger partial charge in [-0.2, -0.15) is 0 Å². The van der Waals surface area contributed by atoms with Crippen LogP contribution in [0.15, 0.2) is 117 Å². The van der Waals surface area contributed by atoms with E-state index in [1.807, 2.05) is 99.2 Å². The Bertz CT molecular complexity index is 3430. The minimum Gasteiger partial charge on any atom is -0.460 e. The number of rotatable bonds is 16. The summed E-state index contributed by atoms with van der Waals surface area (Å²) in [4.78, 5) is 65.2. The number of nitrogens with two attached hydrogens (primary N) is 1. The van der Waals surface area contributed by atoms with Gasteiger partial charge in [0.2, 0.25) is 0 Å². The van der Waals surface area contributed by atoms with Crippen molar-refractivity contribution in [2.75, 3.05) is 18.8 Å². The summed E-state index contributed by atoms with van der Waals surface area (Å²) in [5.41, 5.74) is 17.9. The number of aromatic nitrogens is 10. The van der Waals surface area contributed by atoms with E-state index in [1.165, 1.54) is 12.7 Å². The summed E-state index contributed by atoms with van der Waals surface area (Å²) < 4.78 is 16.3. The van der Waals surface area contributed by atoms with Gasteiger partial charge in [0, 0.05) is 77.1 Å². The van der Waals surface area contributed by atoms with Gasteiger partial charge in [0.1, 0.15) is 46.4 Å². The van der Waals surface area contributed by atoms with Crippen LogP contribution in [0.5, 0.6) is 0 Å². The lowest BCUT2D eigenvalue weighted by atomic mass is 10.0. The van der Waals surface area contributed by atoms with Crippen molar-refractivity contribution >= 4 is 61.7 Å². The van der Waals surface area contributed by atoms with Crippen molar-refractivity contribution in [3.8, 4) is 0 Å². The molecule has 0 saturated heterocycles. The second-order valence-corrected chi connectivity index (χ2v) is 18.5. The molecule has 8 aromatic heterocycles. The molecular formula is C54H56ClN13O4. The molecule has 72 heavy (non-hydrogen) atoms. The van der Waals surface area contributed by atoms with E-state index < -0.39 is 0 Å². The molecule has 10 aromatic rings. The Kier molecular flexibility index (Phi) is 14.9. The molecule has 0 fully saturated rings. The van der Waals surface area contributed by atoms with Crippen molar-refractivity contribution < 1.29 is 8.83 Å². The molecule has 0 saturated carbocycles. The molecule has 10 rings (SSSR count). The van der Waals surface area contributed by atoms with Gasteiger partial charge < -0.3 is 23.7 Å². The third kappa shape index (κ3) is 10.6. The van der Waals surface area contributed by atoms with Gasteiger partial charge in [-0.1, -0.05) is 23.7 Å². The molecule has 2 N–H and O–H groups in total. The van der Waals surface area contributed by atoms with E-state index in [1.54, 1.807) is 37.4 Å². The van der Waals surface area contributed by atoms with Crippen molar-refractivity contribution in [1.82, 2.24) is 58.8 Å². The summed E-state index contributed by atoms with van der Waals surface area (Å²) in [5, 5.41) is 1.61. The predicted molar refractivity (Wildman–Crippen MR) is 279 cm³/mol. The molecule has 0 aliphatic heterocycles. The van der Waals surface area contributed by atoms with Gasteiger partial charge in [0.05, 0.1) is 34.6 Å².